The van der Waals surface area contributed by atoms with Crippen molar-refractivity contribution < 1.29 is 9.59 Å². The number of hydrogen-bond acceptors (Lipinski definition) is 4. The molecule has 0 spiro atoms. The number of amides is 2. The second kappa shape index (κ2) is 11.4. The molecule has 0 saturated heterocycles. The fraction of sp³-hybridized carbons (Fsp3) is 0.290. The van der Waals surface area contributed by atoms with Crippen LogP contribution in [-0.2, 0) is 16.0 Å². The number of nitrogens with two attached hydrogens (primary N) is 1. The van der Waals surface area contributed by atoms with Crippen molar-refractivity contribution in [3.63, 3.8) is 0 Å². The maximum Gasteiger partial charge on any atom is 0.240 e. The topological polar surface area (TPSA) is 103 Å². The summed E-state index contributed by atoms with van der Waals surface area (Å²) < 4.78 is 1.91. The highest BCUT2D eigenvalue weighted by atomic mass is 35.5. The molecule has 4 aromatic rings. The van der Waals surface area contributed by atoms with Crippen LogP contribution < -0.4 is 11.1 Å². The van der Waals surface area contributed by atoms with Crippen LogP contribution in [0.25, 0.3) is 16.9 Å². The van der Waals surface area contributed by atoms with E-state index in [9.17, 15) is 9.59 Å². The first-order valence-corrected chi connectivity index (χ1v) is 14.0. The molecule has 40 heavy (non-hydrogen) atoms. The standard InChI is InChI=1S/C31H31Cl2N5O2/c1-31(2)21(15-29(39)36-27(30(34)40)13-19-7-4-3-5-8-19)14-23(31)28-17-26(20-9-6-12-35-18-20)37-38(28)22-10-11-24(32)25(33)16-22/h3-12,16-18,21,23,27H,13-15H2,1-2H3,(H2,34,40)(H,36,39)/t21-,23+,27-/m0/s1. The molecule has 3 atom stereocenters. The van der Waals surface area contributed by atoms with Crippen LogP contribution in [0, 0.1) is 11.3 Å². The molecule has 1 fully saturated rings. The molecule has 2 aromatic heterocycles. The van der Waals surface area contributed by atoms with Crippen molar-refractivity contribution in [3.8, 4) is 16.9 Å². The van der Waals surface area contributed by atoms with Crippen molar-refractivity contribution in [1.29, 1.82) is 0 Å². The Kier molecular flexibility index (Phi) is 7.97. The molecule has 0 unspecified atom stereocenters. The molecular formula is C31H31Cl2N5O2. The molecule has 1 aliphatic rings. The van der Waals surface area contributed by atoms with E-state index in [-0.39, 0.29) is 23.2 Å². The van der Waals surface area contributed by atoms with Gasteiger partial charge in [-0.15, -0.1) is 0 Å². The van der Waals surface area contributed by atoms with Crippen molar-refractivity contribution >= 4 is 35.0 Å². The third-order valence-electron chi connectivity index (χ3n) is 8.06. The first-order chi connectivity index (χ1) is 19.1. The Morgan fingerprint density at radius 2 is 1.85 bits per heavy atom. The van der Waals surface area contributed by atoms with E-state index in [0.29, 0.717) is 22.9 Å². The van der Waals surface area contributed by atoms with Crippen molar-refractivity contribution in [2.24, 2.45) is 17.1 Å². The first kappa shape index (κ1) is 27.9. The van der Waals surface area contributed by atoms with Crippen molar-refractivity contribution in [2.45, 2.75) is 45.1 Å². The van der Waals surface area contributed by atoms with E-state index in [4.69, 9.17) is 34.0 Å². The van der Waals surface area contributed by atoms with Gasteiger partial charge in [-0.25, -0.2) is 4.68 Å². The van der Waals surface area contributed by atoms with Crippen molar-refractivity contribution in [1.82, 2.24) is 20.1 Å². The number of rotatable bonds is 9. The summed E-state index contributed by atoms with van der Waals surface area (Å²) in [5, 5.41) is 8.71. The van der Waals surface area contributed by atoms with Crippen LogP contribution in [0.2, 0.25) is 10.0 Å². The molecule has 2 amide bonds. The number of primary amides is 1. The maximum atomic E-state index is 13.1. The largest absolute Gasteiger partial charge is 0.368 e. The summed E-state index contributed by atoms with van der Waals surface area (Å²) in [6, 6.07) is 20.2. The molecule has 3 N–H and O–H groups in total. The predicted molar refractivity (Wildman–Crippen MR) is 157 cm³/mol. The monoisotopic (exact) mass is 575 g/mol. The van der Waals surface area contributed by atoms with Crippen LogP contribution in [0.1, 0.15) is 43.9 Å². The normalized spacial score (nSPS) is 18.5. The number of hydrogen-bond donors (Lipinski definition) is 2. The van der Waals surface area contributed by atoms with Crippen LogP contribution in [0.15, 0.2) is 79.1 Å². The van der Waals surface area contributed by atoms with Crippen LogP contribution in [-0.4, -0.2) is 32.6 Å². The van der Waals surface area contributed by atoms with E-state index in [2.05, 4.69) is 30.2 Å². The van der Waals surface area contributed by atoms with E-state index in [1.54, 1.807) is 24.5 Å². The van der Waals surface area contributed by atoms with E-state index in [1.165, 1.54) is 0 Å². The average Bonchev–Trinajstić information content (AvgIpc) is 3.37. The van der Waals surface area contributed by atoms with Gasteiger partial charge < -0.3 is 11.1 Å². The van der Waals surface area contributed by atoms with E-state index < -0.39 is 11.9 Å². The number of benzene rings is 2. The Morgan fingerprint density at radius 3 is 2.50 bits per heavy atom. The third kappa shape index (κ3) is 5.76. The quantitative estimate of drug-likeness (QED) is 0.256. The lowest BCUT2D eigenvalue weighted by Crippen LogP contribution is -2.49. The van der Waals surface area contributed by atoms with Crippen LogP contribution in [0.4, 0.5) is 0 Å². The predicted octanol–water partition coefficient (Wildman–Crippen LogP) is 5.97. The molecular weight excluding hydrogens is 545 g/mol. The Bertz CT molecular complexity index is 1520. The maximum absolute atomic E-state index is 13.1. The second-order valence-corrected chi connectivity index (χ2v) is 11.7. The number of aromatic nitrogens is 3. The van der Waals surface area contributed by atoms with Gasteiger partial charge in [0.1, 0.15) is 6.04 Å². The number of halogens is 2. The lowest BCUT2D eigenvalue weighted by Gasteiger charge is -2.52. The summed E-state index contributed by atoms with van der Waals surface area (Å²) in [4.78, 5) is 29.4. The zero-order valence-electron chi connectivity index (χ0n) is 22.4. The lowest BCUT2D eigenvalue weighted by molar-refractivity contribution is -0.130. The molecule has 0 radical (unpaired) electrons. The van der Waals surface area contributed by atoms with E-state index in [1.807, 2.05) is 53.2 Å². The molecule has 2 heterocycles. The van der Waals surface area contributed by atoms with Gasteiger partial charge in [0.15, 0.2) is 0 Å². The van der Waals surface area contributed by atoms with Gasteiger partial charge in [0.2, 0.25) is 11.8 Å². The van der Waals surface area contributed by atoms with Gasteiger partial charge in [0.05, 0.1) is 21.4 Å². The van der Waals surface area contributed by atoms with Gasteiger partial charge in [-0.1, -0.05) is 67.4 Å². The minimum Gasteiger partial charge on any atom is -0.368 e. The minimum absolute atomic E-state index is 0.113. The summed E-state index contributed by atoms with van der Waals surface area (Å²) in [7, 11) is 0. The third-order valence-corrected chi connectivity index (χ3v) is 8.80. The van der Waals surface area contributed by atoms with Gasteiger partial charge in [-0.3, -0.25) is 14.6 Å². The van der Waals surface area contributed by atoms with Gasteiger partial charge in [0.25, 0.3) is 0 Å². The summed E-state index contributed by atoms with van der Waals surface area (Å²) in [5.74, 6) is -0.475. The molecule has 0 aliphatic heterocycles. The summed E-state index contributed by atoms with van der Waals surface area (Å²) in [6.45, 7) is 4.34. The van der Waals surface area contributed by atoms with E-state index >= 15 is 0 Å². The summed E-state index contributed by atoms with van der Waals surface area (Å²) >= 11 is 12.5. The van der Waals surface area contributed by atoms with Crippen molar-refractivity contribution in [2.75, 3.05) is 0 Å². The highest BCUT2D eigenvalue weighted by molar-refractivity contribution is 6.42. The Hall–Kier alpha value is -3.68. The van der Waals surface area contributed by atoms with Crippen molar-refractivity contribution in [3.05, 3.63) is 100 Å². The zero-order chi connectivity index (χ0) is 28.4. The molecule has 5 rings (SSSR count). The van der Waals surface area contributed by atoms with Gasteiger partial charge in [-0.05, 0) is 59.7 Å². The SMILES string of the molecule is CC1(C)[C@H](CC(=O)N[C@@H](Cc2ccccc2)C(N)=O)C[C@@H]1c1cc(-c2cccnc2)nn1-c1ccc(Cl)c(Cl)c1. The Morgan fingerprint density at radius 1 is 1.07 bits per heavy atom. The number of pyridine rings is 1. The number of carbonyl (C=O) groups is 2. The molecule has 2 aromatic carbocycles. The average molecular weight is 577 g/mol. The Labute approximate surface area is 243 Å². The summed E-state index contributed by atoms with van der Waals surface area (Å²) in [6.07, 6.45) is 4.97. The number of nitrogens with zero attached hydrogens (tertiary/aromatic N) is 3. The van der Waals surface area contributed by atoms with Gasteiger partial charge in [0, 0.05) is 42.4 Å². The highest BCUT2D eigenvalue weighted by Gasteiger charge is 2.50. The second-order valence-electron chi connectivity index (χ2n) is 10.9. The molecule has 206 valence electrons. The van der Waals surface area contributed by atoms with Crippen LogP contribution >= 0.6 is 23.2 Å². The number of carbonyl (C=O) groups excluding carboxylic acids is 2. The fourth-order valence-electron chi connectivity index (χ4n) is 5.54. The van der Waals surface area contributed by atoms with Gasteiger partial charge in [-0.2, -0.15) is 5.10 Å². The number of nitrogens with one attached hydrogen (secondary N) is 1. The minimum atomic E-state index is -0.757. The molecule has 1 aliphatic carbocycles. The molecule has 9 heteroatoms. The fourth-order valence-corrected chi connectivity index (χ4v) is 5.83. The highest BCUT2D eigenvalue weighted by Crippen LogP contribution is 2.58. The summed E-state index contributed by atoms with van der Waals surface area (Å²) in [5.41, 5.74) is 9.89. The smallest absolute Gasteiger partial charge is 0.240 e. The lowest BCUT2D eigenvalue weighted by atomic mass is 9.52. The molecule has 0 bridgehead atoms. The van der Waals surface area contributed by atoms with Gasteiger partial charge >= 0.3 is 0 Å². The first-order valence-electron chi connectivity index (χ1n) is 13.2. The van der Waals surface area contributed by atoms with Crippen LogP contribution in [0.3, 0.4) is 0 Å². The molecule has 1 saturated carbocycles. The Balaban J connectivity index is 1.35. The molecule has 7 nitrogen and oxygen atoms in total. The zero-order valence-corrected chi connectivity index (χ0v) is 23.9. The van der Waals surface area contributed by atoms with E-state index in [0.717, 1.165) is 34.6 Å². The van der Waals surface area contributed by atoms with Crippen LogP contribution in [0.5, 0.6) is 0 Å².